The number of nitrogens with one attached hydrogen (secondary N) is 2. The lowest BCUT2D eigenvalue weighted by atomic mass is 10.1. The summed E-state index contributed by atoms with van der Waals surface area (Å²) in [6.45, 7) is 0.461. The second kappa shape index (κ2) is 5.88. The SMILES string of the molecule is O=C(O)c1ccc(CNNc2ccccc2)cc1O. The molecule has 4 N–H and O–H groups in total. The molecule has 0 saturated heterocycles. The van der Waals surface area contributed by atoms with Gasteiger partial charge >= 0.3 is 5.97 Å². The first kappa shape index (κ1) is 12.9. The summed E-state index contributed by atoms with van der Waals surface area (Å²) in [6.07, 6.45) is 0. The van der Waals surface area contributed by atoms with Crippen molar-refractivity contribution in [3.05, 3.63) is 59.7 Å². The van der Waals surface area contributed by atoms with E-state index in [1.54, 1.807) is 6.07 Å². The predicted octanol–water partition coefficient (Wildman–Crippen LogP) is 2.21. The maximum absolute atomic E-state index is 10.7. The van der Waals surface area contributed by atoms with Crippen molar-refractivity contribution in [2.45, 2.75) is 6.54 Å². The van der Waals surface area contributed by atoms with Crippen molar-refractivity contribution < 1.29 is 15.0 Å². The highest BCUT2D eigenvalue weighted by atomic mass is 16.4. The van der Waals surface area contributed by atoms with Gasteiger partial charge in [-0.15, -0.1) is 0 Å². The number of carboxylic acids is 1. The average Bonchev–Trinajstić information content (AvgIpc) is 2.39. The van der Waals surface area contributed by atoms with Crippen LogP contribution >= 0.6 is 0 Å². The van der Waals surface area contributed by atoms with Crippen LogP contribution in [0, 0.1) is 0 Å². The molecule has 0 aromatic heterocycles. The van der Waals surface area contributed by atoms with Gasteiger partial charge in [0.25, 0.3) is 0 Å². The minimum atomic E-state index is -1.14. The zero-order valence-electron chi connectivity index (χ0n) is 10.1. The number of aromatic hydroxyl groups is 1. The Labute approximate surface area is 110 Å². The molecule has 0 radical (unpaired) electrons. The van der Waals surface area contributed by atoms with E-state index in [9.17, 15) is 9.90 Å². The number of aromatic carboxylic acids is 1. The molecular formula is C14H14N2O3. The number of rotatable bonds is 5. The number of anilines is 1. The van der Waals surface area contributed by atoms with Gasteiger partial charge < -0.3 is 15.6 Å². The fourth-order valence-corrected chi connectivity index (χ4v) is 1.64. The number of carbonyl (C=O) groups is 1. The molecule has 2 aromatic carbocycles. The molecule has 0 unspecified atom stereocenters. The summed E-state index contributed by atoms with van der Waals surface area (Å²) in [5, 5.41) is 18.3. The van der Waals surface area contributed by atoms with Crippen molar-refractivity contribution in [2.75, 3.05) is 5.43 Å². The Kier molecular flexibility index (Phi) is 4.00. The Balaban J connectivity index is 1.93. The van der Waals surface area contributed by atoms with Crippen molar-refractivity contribution in [3.63, 3.8) is 0 Å². The lowest BCUT2D eigenvalue weighted by Crippen LogP contribution is -2.20. The average molecular weight is 258 g/mol. The van der Waals surface area contributed by atoms with Crippen molar-refractivity contribution in [1.82, 2.24) is 5.43 Å². The second-order valence-corrected chi connectivity index (χ2v) is 4.00. The maximum Gasteiger partial charge on any atom is 0.339 e. The van der Waals surface area contributed by atoms with Crippen LogP contribution in [0.15, 0.2) is 48.5 Å². The Hall–Kier alpha value is -2.53. The van der Waals surface area contributed by atoms with E-state index < -0.39 is 5.97 Å². The fraction of sp³-hybridized carbons (Fsp3) is 0.0714. The molecule has 0 saturated carbocycles. The van der Waals surface area contributed by atoms with E-state index in [2.05, 4.69) is 10.9 Å². The molecule has 0 fully saturated rings. The first-order valence-corrected chi connectivity index (χ1v) is 5.76. The normalized spacial score (nSPS) is 10.1. The van der Waals surface area contributed by atoms with E-state index in [1.807, 2.05) is 30.3 Å². The van der Waals surface area contributed by atoms with Crippen LogP contribution in [-0.2, 0) is 6.54 Å². The van der Waals surface area contributed by atoms with E-state index in [4.69, 9.17) is 5.11 Å². The molecule has 98 valence electrons. The third-order valence-electron chi connectivity index (χ3n) is 2.59. The van der Waals surface area contributed by atoms with Gasteiger partial charge in [-0.1, -0.05) is 24.3 Å². The predicted molar refractivity (Wildman–Crippen MR) is 72.0 cm³/mol. The van der Waals surface area contributed by atoms with Crippen LogP contribution in [0.2, 0.25) is 0 Å². The smallest absolute Gasteiger partial charge is 0.339 e. The Morgan fingerprint density at radius 2 is 1.84 bits per heavy atom. The number of hydrazine groups is 1. The van der Waals surface area contributed by atoms with Crippen molar-refractivity contribution >= 4 is 11.7 Å². The van der Waals surface area contributed by atoms with Crippen LogP contribution in [0.4, 0.5) is 5.69 Å². The number of para-hydroxylation sites is 1. The summed E-state index contributed by atoms with van der Waals surface area (Å²) < 4.78 is 0. The van der Waals surface area contributed by atoms with Gasteiger partial charge in [-0.2, -0.15) is 0 Å². The van der Waals surface area contributed by atoms with Crippen LogP contribution in [-0.4, -0.2) is 16.2 Å². The van der Waals surface area contributed by atoms with E-state index in [0.29, 0.717) is 6.54 Å². The summed E-state index contributed by atoms with van der Waals surface area (Å²) in [5.41, 5.74) is 7.60. The Morgan fingerprint density at radius 1 is 1.11 bits per heavy atom. The van der Waals surface area contributed by atoms with Gasteiger partial charge in [0.05, 0.1) is 0 Å². The summed E-state index contributed by atoms with van der Waals surface area (Å²) in [6, 6.07) is 14.1. The van der Waals surface area contributed by atoms with Gasteiger partial charge in [0.2, 0.25) is 0 Å². The summed E-state index contributed by atoms with van der Waals surface area (Å²) in [4.78, 5) is 10.7. The van der Waals surface area contributed by atoms with Gasteiger partial charge in [0.1, 0.15) is 11.3 Å². The van der Waals surface area contributed by atoms with Crippen LogP contribution in [0.25, 0.3) is 0 Å². The monoisotopic (exact) mass is 258 g/mol. The maximum atomic E-state index is 10.7. The van der Waals surface area contributed by atoms with E-state index in [1.165, 1.54) is 12.1 Å². The van der Waals surface area contributed by atoms with Gasteiger partial charge in [-0.25, -0.2) is 10.2 Å². The number of phenols is 1. The molecule has 0 amide bonds. The third-order valence-corrected chi connectivity index (χ3v) is 2.59. The quantitative estimate of drug-likeness (QED) is 0.618. The summed E-state index contributed by atoms with van der Waals surface area (Å²) in [7, 11) is 0. The number of benzene rings is 2. The van der Waals surface area contributed by atoms with Crippen LogP contribution < -0.4 is 10.9 Å². The lowest BCUT2D eigenvalue weighted by molar-refractivity contribution is 0.0693. The highest BCUT2D eigenvalue weighted by molar-refractivity contribution is 5.90. The standard InChI is InChI=1S/C14H14N2O3/c17-13-8-10(6-7-12(13)14(18)19)9-15-16-11-4-2-1-3-5-11/h1-8,15-17H,9H2,(H,18,19). The molecule has 0 heterocycles. The molecule has 0 aliphatic rings. The van der Waals surface area contributed by atoms with Crippen LogP contribution in [0.1, 0.15) is 15.9 Å². The molecule has 2 aromatic rings. The highest BCUT2D eigenvalue weighted by Gasteiger charge is 2.09. The van der Waals surface area contributed by atoms with Crippen molar-refractivity contribution in [3.8, 4) is 5.75 Å². The van der Waals surface area contributed by atoms with Crippen molar-refractivity contribution in [2.24, 2.45) is 0 Å². The van der Waals surface area contributed by atoms with E-state index in [-0.39, 0.29) is 11.3 Å². The molecule has 0 spiro atoms. The first-order chi connectivity index (χ1) is 9.16. The number of hydrogen-bond acceptors (Lipinski definition) is 4. The summed E-state index contributed by atoms with van der Waals surface area (Å²) >= 11 is 0. The van der Waals surface area contributed by atoms with Gasteiger partial charge in [-0.3, -0.25) is 0 Å². The van der Waals surface area contributed by atoms with Gasteiger partial charge in [0, 0.05) is 12.2 Å². The van der Waals surface area contributed by atoms with Crippen LogP contribution in [0.3, 0.4) is 0 Å². The Bertz CT molecular complexity index is 570. The molecule has 0 aliphatic carbocycles. The molecule has 0 aliphatic heterocycles. The third kappa shape index (κ3) is 3.46. The summed E-state index contributed by atoms with van der Waals surface area (Å²) in [5.74, 6) is -1.37. The highest BCUT2D eigenvalue weighted by Crippen LogP contribution is 2.18. The van der Waals surface area contributed by atoms with Gasteiger partial charge in [-0.05, 0) is 29.8 Å². The molecule has 5 heteroatoms. The molecule has 19 heavy (non-hydrogen) atoms. The first-order valence-electron chi connectivity index (χ1n) is 5.76. The molecule has 0 atom stereocenters. The molecule has 0 bridgehead atoms. The molecule has 5 nitrogen and oxygen atoms in total. The topological polar surface area (TPSA) is 81.6 Å². The second-order valence-electron chi connectivity index (χ2n) is 4.00. The fourth-order valence-electron chi connectivity index (χ4n) is 1.64. The largest absolute Gasteiger partial charge is 0.507 e. The van der Waals surface area contributed by atoms with Gasteiger partial charge in [0.15, 0.2) is 0 Å². The molecular weight excluding hydrogens is 244 g/mol. The zero-order chi connectivity index (χ0) is 13.7. The van der Waals surface area contributed by atoms with Crippen molar-refractivity contribution in [1.29, 1.82) is 0 Å². The lowest BCUT2D eigenvalue weighted by Gasteiger charge is -2.09. The Morgan fingerprint density at radius 3 is 2.47 bits per heavy atom. The number of carboxylic acid groups (broad SMARTS) is 1. The minimum Gasteiger partial charge on any atom is -0.507 e. The van der Waals surface area contributed by atoms with E-state index in [0.717, 1.165) is 11.3 Å². The molecule has 2 rings (SSSR count). The van der Waals surface area contributed by atoms with Crippen LogP contribution in [0.5, 0.6) is 5.75 Å². The zero-order valence-corrected chi connectivity index (χ0v) is 10.1. The van der Waals surface area contributed by atoms with E-state index >= 15 is 0 Å². The number of hydrogen-bond donors (Lipinski definition) is 4. The minimum absolute atomic E-state index is 0.0974.